The molecule has 1 saturated carbocycles. The summed E-state index contributed by atoms with van der Waals surface area (Å²) in [7, 11) is 0. The van der Waals surface area contributed by atoms with Gasteiger partial charge in [0.25, 0.3) is 0 Å². The molecule has 1 aliphatic heterocycles. The summed E-state index contributed by atoms with van der Waals surface area (Å²) in [4.78, 5) is 14.0. The third-order valence-corrected chi connectivity index (χ3v) is 3.12. The number of likely N-dealkylation sites (tertiary alicyclic amines) is 1. The quantitative estimate of drug-likeness (QED) is 0.609. The van der Waals surface area contributed by atoms with Crippen LogP contribution in [0.25, 0.3) is 0 Å². The number of nitrogens with zero attached hydrogens (tertiary/aromatic N) is 1. The second-order valence-corrected chi connectivity index (χ2v) is 4.74. The van der Waals surface area contributed by atoms with Gasteiger partial charge in [-0.2, -0.15) is 0 Å². The first kappa shape index (κ1) is 7.59. The summed E-state index contributed by atoms with van der Waals surface area (Å²) in [6.07, 6.45) is 3.38. The summed E-state index contributed by atoms with van der Waals surface area (Å²) in [5, 5.41) is 0. The molecule has 1 aliphatic carbocycles. The highest BCUT2D eigenvalue weighted by Crippen LogP contribution is 2.32. The molecule has 0 aromatic heterocycles. The lowest BCUT2D eigenvalue weighted by molar-refractivity contribution is -0.131. The maximum Gasteiger partial charge on any atom is 0.225 e. The Labute approximate surface area is 75.1 Å². The molecule has 1 saturated heterocycles. The Bertz CT molecular complexity index is 179. The molecule has 62 valence electrons. The molecule has 2 fully saturated rings. The maximum atomic E-state index is 11.5. The topological polar surface area (TPSA) is 20.3 Å². The van der Waals surface area contributed by atoms with Crippen molar-refractivity contribution in [1.29, 1.82) is 0 Å². The van der Waals surface area contributed by atoms with Crippen molar-refractivity contribution in [3.05, 3.63) is 0 Å². The van der Waals surface area contributed by atoms with Gasteiger partial charge in [-0.25, -0.2) is 0 Å². The van der Waals surface area contributed by atoms with Crippen LogP contribution in [-0.2, 0) is 4.79 Å². The Morgan fingerprint density at radius 2 is 2.09 bits per heavy atom. The first-order valence-corrected chi connectivity index (χ1v) is 5.12. The zero-order chi connectivity index (χ0) is 7.84. The molecule has 0 N–H and O–H groups in total. The fraction of sp³-hybridized carbons (Fsp3) is 0.875. The predicted molar refractivity (Wildman–Crippen MR) is 46.6 cm³/mol. The van der Waals surface area contributed by atoms with E-state index in [4.69, 9.17) is 0 Å². The van der Waals surface area contributed by atoms with Gasteiger partial charge in [-0.1, -0.05) is 15.9 Å². The number of hydrogen-bond donors (Lipinski definition) is 0. The van der Waals surface area contributed by atoms with Crippen LogP contribution in [0.3, 0.4) is 0 Å². The van der Waals surface area contributed by atoms with Gasteiger partial charge < -0.3 is 4.90 Å². The highest BCUT2D eigenvalue weighted by atomic mass is 79.9. The van der Waals surface area contributed by atoms with Gasteiger partial charge in [-0.3, -0.25) is 4.79 Å². The predicted octanol–water partition coefficient (Wildman–Crippen LogP) is 1.39. The minimum absolute atomic E-state index is 0.395. The first-order chi connectivity index (χ1) is 5.27. The lowest BCUT2D eigenvalue weighted by Gasteiger charge is -2.14. The second kappa shape index (κ2) is 2.77. The van der Waals surface area contributed by atoms with E-state index in [1.807, 2.05) is 4.90 Å². The fourth-order valence-corrected chi connectivity index (χ4v) is 2.06. The number of alkyl halides is 1. The van der Waals surface area contributed by atoms with E-state index in [0.29, 0.717) is 16.7 Å². The minimum atomic E-state index is 0.395. The maximum absolute atomic E-state index is 11.5. The molecule has 0 unspecified atom stereocenters. The van der Waals surface area contributed by atoms with Crippen LogP contribution < -0.4 is 0 Å². The van der Waals surface area contributed by atoms with E-state index in [2.05, 4.69) is 15.9 Å². The number of halogens is 1. The van der Waals surface area contributed by atoms with Gasteiger partial charge in [-0.15, -0.1) is 0 Å². The summed E-state index contributed by atoms with van der Waals surface area (Å²) in [6.45, 7) is 1.89. The van der Waals surface area contributed by atoms with E-state index in [0.717, 1.165) is 32.4 Å². The van der Waals surface area contributed by atoms with Crippen molar-refractivity contribution in [3.8, 4) is 0 Å². The average Bonchev–Trinajstić information content (AvgIpc) is 2.74. The van der Waals surface area contributed by atoms with E-state index >= 15 is 0 Å². The standard InChI is InChI=1S/C8H12BrNO/c9-7-3-4-10(5-7)8(11)6-1-2-6/h6-7H,1-5H2/t7-/m1/s1. The van der Waals surface area contributed by atoms with E-state index in [1.54, 1.807) is 0 Å². The third-order valence-electron chi connectivity index (χ3n) is 2.37. The van der Waals surface area contributed by atoms with Gasteiger partial charge in [0.05, 0.1) is 0 Å². The zero-order valence-corrected chi connectivity index (χ0v) is 8.01. The van der Waals surface area contributed by atoms with Gasteiger partial charge in [0.1, 0.15) is 0 Å². The molecule has 2 aliphatic rings. The molecule has 1 heterocycles. The number of carbonyl (C=O) groups excluding carboxylic acids is 1. The fourth-order valence-electron chi connectivity index (χ4n) is 1.51. The van der Waals surface area contributed by atoms with Crippen LogP contribution >= 0.6 is 15.9 Å². The largest absolute Gasteiger partial charge is 0.341 e. The molecular weight excluding hydrogens is 206 g/mol. The number of rotatable bonds is 1. The summed E-state index contributed by atoms with van der Waals surface area (Å²) >= 11 is 3.52. The van der Waals surface area contributed by atoms with Gasteiger partial charge in [0.2, 0.25) is 5.91 Å². The normalized spacial score (nSPS) is 31.0. The van der Waals surface area contributed by atoms with E-state index in [1.165, 1.54) is 0 Å². The molecule has 0 radical (unpaired) electrons. The van der Waals surface area contributed by atoms with Crippen LogP contribution in [0.2, 0.25) is 0 Å². The van der Waals surface area contributed by atoms with Crippen LogP contribution in [0.15, 0.2) is 0 Å². The lowest BCUT2D eigenvalue weighted by atomic mass is 10.3. The van der Waals surface area contributed by atoms with Gasteiger partial charge >= 0.3 is 0 Å². The van der Waals surface area contributed by atoms with Crippen molar-refractivity contribution < 1.29 is 4.79 Å². The summed E-state index contributed by atoms with van der Waals surface area (Å²) in [6, 6.07) is 0. The molecular formula is C8H12BrNO. The summed E-state index contributed by atoms with van der Waals surface area (Å²) < 4.78 is 0. The number of amides is 1. The lowest BCUT2D eigenvalue weighted by Crippen LogP contribution is -2.29. The molecule has 11 heavy (non-hydrogen) atoms. The number of carbonyl (C=O) groups is 1. The SMILES string of the molecule is O=C(C1CC1)N1CC[C@@H](Br)C1. The van der Waals surface area contributed by atoms with Crippen molar-refractivity contribution in [2.45, 2.75) is 24.1 Å². The average molecular weight is 218 g/mol. The Hall–Kier alpha value is -0.0500. The smallest absolute Gasteiger partial charge is 0.225 e. The van der Waals surface area contributed by atoms with Gasteiger partial charge in [0.15, 0.2) is 0 Å². The molecule has 0 aromatic rings. The van der Waals surface area contributed by atoms with Crippen molar-refractivity contribution in [2.24, 2.45) is 5.92 Å². The van der Waals surface area contributed by atoms with Gasteiger partial charge in [0, 0.05) is 23.8 Å². The summed E-state index contributed by atoms with van der Waals surface area (Å²) in [5.74, 6) is 0.791. The van der Waals surface area contributed by atoms with Gasteiger partial charge in [-0.05, 0) is 19.3 Å². The van der Waals surface area contributed by atoms with Crippen molar-refractivity contribution >= 4 is 21.8 Å². The zero-order valence-electron chi connectivity index (χ0n) is 6.42. The number of hydrogen-bond acceptors (Lipinski definition) is 1. The highest BCUT2D eigenvalue weighted by molar-refractivity contribution is 9.09. The van der Waals surface area contributed by atoms with E-state index < -0.39 is 0 Å². The van der Waals surface area contributed by atoms with Crippen LogP contribution in [0, 0.1) is 5.92 Å². The Kier molecular flexibility index (Phi) is 1.91. The second-order valence-electron chi connectivity index (χ2n) is 3.44. The molecule has 2 rings (SSSR count). The molecule has 2 nitrogen and oxygen atoms in total. The Morgan fingerprint density at radius 1 is 1.36 bits per heavy atom. The molecule has 0 aromatic carbocycles. The molecule has 0 bridgehead atoms. The minimum Gasteiger partial charge on any atom is -0.341 e. The van der Waals surface area contributed by atoms with Crippen molar-refractivity contribution in [3.63, 3.8) is 0 Å². The molecule has 1 atom stereocenters. The van der Waals surface area contributed by atoms with Crippen LogP contribution in [0.4, 0.5) is 0 Å². The van der Waals surface area contributed by atoms with E-state index in [-0.39, 0.29) is 0 Å². The third kappa shape index (κ3) is 1.58. The van der Waals surface area contributed by atoms with Crippen molar-refractivity contribution in [2.75, 3.05) is 13.1 Å². The monoisotopic (exact) mass is 217 g/mol. The van der Waals surface area contributed by atoms with E-state index in [9.17, 15) is 4.79 Å². The van der Waals surface area contributed by atoms with Crippen LogP contribution in [0.5, 0.6) is 0 Å². The summed E-state index contributed by atoms with van der Waals surface area (Å²) in [5.41, 5.74) is 0. The molecule has 1 amide bonds. The Morgan fingerprint density at radius 3 is 2.55 bits per heavy atom. The first-order valence-electron chi connectivity index (χ1n) is 4.20. The Balaban J connectivity index is 1.89. The molecule has 3 heteroatoms. The highest BCUT2D eigenvalue weighted by Gasteiger charge is 2.35. The van der Waals surface area contributed by atoms with Crippen molar-refractivity contribution in [1.82, 2.24) is 4.90 Å². The molecule has 0 spiro atoms. The van der Waals surface area contributed by atoms with Crippen LogP contribution in [-0.4, -0.2) is 28.7 Å². The van der Waals surface area contributed by atoms with Crippen LogP contribution in [0.1, 0.15) is 19.3 Å².